The molecular weight excluding hydrogens is 598 g/mol. The average Bonchev–Trinajstić information content (AvgIpc) is 3.91. The quantitative estimate of drug-likeness (QED) is 0.130. The van der Waals surface area contributed by atoms with Crippen LogP contribution in [0.3, 0.4) is 0 Å². The Hall–Kier alpha value is -6.24. The Morgan fingerprint density at radius 3 is 1.72 bits per heavy atom. The van der Waals surface area contributed by atoms with Crippen LogP contribution in [0.1, 0.15) is 23.7 Å². The summed E-state index contributed by atoms with van der Waals surface area (Å²) in [6.45, 7) is 1.70. The molecule has 7 rings (SSSR count). The van der Waals surface area contributed by atoms with Crippen LogP contribution in [0.4, 0.5) is 5.69 Å². The molecule has 0 radical (unpaired) electrons. The van der Waals surface area contributed by atoms with E-state index in [0.717, 1.165) is 27.8 Å². The highest BCUT2D eigenvalue weighted by Crippen LogP contribution is 2.27. The van der Waals surface area contributed by atoms with Gasteiger partial charge in [-0.3, -0.25) is 19.8 Å². The lowest BCUT2D eigenvalue weighted by Crippen LogP contribution is -2.47. The van der Waals surface area contributed by atoms with E-state index in [1.54, 1.807) is 31.2 Å². The highest BCUT2D eigenvalue weighted by Gasteiger charge is 2.38. The van der Waals surface area contributed by atoms with E-state index >= 15 is 0 Å². The van der Waals surface area contributed by atoms with Gasteiger partial charge in [-0.25, -0.2) is 9.97 Å². The zero-order valence-electron chi connectivity index (χ0n) is 25.8. The number of carbonyl (C=O) groups excluding carboxylic acids is 2. The maximum Gasteiger partial charge on any atom is 0.234 e. The Morgan fingerprint density at radius 1 is 0.723 bits per heavy atom. The number of anilines is 1. The van der Waals surface area contributed by atoms with Crippen LogP contribution in [-0.4, -0.2) is 78.2 Å². The normalized spacial score (nSPS) is 12.7. The number of para-hydroxylation sites is 4. The van der Waals surface area contributed by atoms with Gasteiger partial charge in [0.05, 0.1) is 22.1 Å². The lowest BCUT2D eigenvalue weighted by molar-refractivity contribution is -0.128. The molecule has 0 spiro atoms. The second-order valence-electron chi connectivity index (χ2n) is 11.1. The van der Waals surface area contributed by atoms with E-state index in [0.29, 0.717) is 28.6 Å². The molecule has 4 heterocycles. The van der Waals surface area contributed by atoms with Gasteiger partial charge in [0.15, 0.2) is 17.4 Å². The third-order valence-electron chi connectivity index (χ3n) is 7.76. The summed E-state index contributed by atoms with van der Waals surface area (Å²) < 4.78 is 12.4. The fraction of sp³-hybridized carbons (Fsp3) is 0.176. The SMILES string of the molecule is CCC(=O)C(Oc1cc(-c2nc3ccccc3[nH]2)[nH]n1)C(Oc1cc(-c2nc3ccccc3[nH]2)[nH]n1)C(=O)c1ccc(N(C)C)cc1. The minimum absolute atomic E-state index is 0.0863. The number of Topliss-reactive ketones (excluding diaryl/α,β-unsaturated/α-hetero) is 2. The van der Waals surface area contributed by atoms with Gasteiger partial charge in [0.2, 0.25) is 29.8 Å². The van der Waals surface area contributed by atoms with Gasteiger partial charge in [-0.15, -0.1) is 10.2 Å². The van der Waals surface area contributed by atoms with Crippen molar-refractivity contribution in [2.75, 3.05) is 19.0 Å². The maximum atomic E-state index is 14.1. The maximum absolute atomic E-state index is 14.1. The molecule has 0 bridgehead atoms. The van der Waals surface area contributed by atoms with Crippen molar-refractivity contribution in [3.8, 4) is 34.8 Å². The van der Waals surface area contributed by atoms with Gasteiger partial charge in [-0.05, 0) is 48.5 Å². The van der Waals surface area contributed by atoms with Gasteiger partial charge >= 0.3 is 0 Å². The van der Waals surface area contributed by atoms with Crippen molar-refractivity contribution >= 4 is 39.3 Å². The van der Waals surface area contributed by atoms with E-state index in [4.69, 9.17) is 9.47 Å². The molecule has 3 aromatic carbocycles. The molecule has 0 aliphatic carbocycles. The Morgan fingerprint density at radius 2 is 1.23 bits per heavy atom. The smallest absolute Gasteiger partial charge is 0.234 e. The predicted octanol–water partition coefficient (Wildman–Crippen LogP) is 5.34. The predicted molar refractivity (Wildman–Crippen MR) is 177 cm³/mol. The van der Waals surface area contributed by atoms with Crippen molar-refractivity contribution in [3.05, 3.63) is 90.5 Å². The molecule has 0 saturated heterocycles. The molecule has 7 aromatic rings. The Balaban J connectivity index is 1.21. The van der Waals surface area contributed by atoms with E-state index < -0.39 is 18.0 Å². The number of nitrogens with zero attached hydrogens (tertiary/aromatic N) is 5. The second kappa shape index (κ2) is 12.3. The topological polar surface area (TPSA) is 171 Å². The summed E-state index contributed by atoms with van der Waals surface area (Å²) in [6, 6.07) is 25.5. The number of ketones is 2. The molecule has 2 atom stereocenters. The zero-order valence-corrected chi connectivity index (χ0v) is 25.8. The van der Waals surface area contributed by atoms with Gasteiger partial charge in [0.1, 0.15) is 11.4 Å². The Bertz CT molecular complexity index is 2130. The second-order valence-corrected chi connectivity index (χ2v) is 11.1. The summed E-state index contributed by atoms with van der Waals surface area (Å²) >= 11 is 0. The molecule has 4 aromatic heterocycles. The summed E-state index contributed by atoms with van der Waals surface area (Å²) in [4.78, 5) is 45.2. The number of carbonyl (C=O) groups is 2. The first kappa shape index (κ1) is 29.5. The van der Waals surface area contributed by atoms with Crippen molar-refractivity contribution in [2.24, 2.45) is 0 Å². The summed E-state index contributed by atoms with van der Waals surface area (Å²) in [5.41, 5.74) is 5.64. The summed E-state index contributed by atoms with van der Waals surface area (Å²) in [5, 5.41) is 14.4. The first-order valence-electron chi connectivity index (χ1n) is 15.0. The monoisotopic (exact) mass is 629 g/mol. The van der Waals surface area contributed by atoms with Crippen LogP contribution in [0, 0.1) is 0 Å². The van der Waals surface area contributed by atoms with E-state index in [1.165, 1.54) is 0 Å². The van der Waals surface area contributed by atoms with Crippen molar-refractivity contribution in [3.63, 3.8) is 0 Å². The highest BCUT2D eigenvalue weighted by molar-refractivity contribution is 6.03. The molecule has 0 aliphatic heterocycles. The van der Waals surface area contributed by atoms with Gasteiger partial charge in [-0.1, -0.05) is 31.2 Å². The van der Waals surface area contributed by atoms with E-state index in [-0.39, 0.29) is 24.0 Å². The molecule has 0 aliphatic rings. The number of aromatic nitrogens is 8. The van der Waals surface area contributed by atoms with Crippen LogP contribution in [0.2, 0.25) is 0 Å². The number of benzene rings is 3. The van der Waals surface area contributed by atoms with Crippen LogP contribution in [0.25, 0.3) is 45.1 Å². The molecular formula is C34H31N9O4. The first-order valence-corrected chi connectivity index (χ1v) is 15.0. The standard InChI is InChI=1S/C34H31N9O4/c1-4-27(44)31(46-28-17-25(39-41-28)33-35-21-9-5-6-10-22(21)36-33)32(30(45)19-13-15-20(16-14-19)43(2)3)47-29-18-26(40-42-29)34-37-23-11-7-8-12-24(23)38-34/h5-18,31-32H,4H2,1-3H3,(H,35,36)(H,37,38)(H,39,41)(H,40,42). The van der Waals surface area contributed by atoms with E-state index in [2.05, 4.69) is 40.3 Å². The number of hydrogen-bond donors (Lipinski definition) is 4. The number of fused-ring (bicyclic) bond motifs is 2. The molecule has 0 amide bonds. The van der Waals surface area contributed by atoms with Crippen LogP contribution in [0.5, 0.6) is 11.8 Å². The molecule has 236 valence electrons. The molecule has 0 saturated carbocycles. The van der Waals surface area contributed by atoms with Crippen LogP contribution in [-0.2, 0) is 4.79 Å². The molecule has 47 heavy (non-hydrogen) atoms. The number of nitrogens with one attached hydrogen (secondary N) is 4. The average molecular weight is 630 g/mol. The fourth-order valence-corrected chi connectivity index (χ4v) is 5.23. The van der Waals surface area contributed by atoms with Crippen molar-refractivity contribution in [2.45, 2.75) is 25.6 Å². The Labute approximate surface area is 268 Å². The zero-order chi connectivity index (χ0) is 32.5. The number of aromatic amines is 4. The van der Waals surface area contributed by atoms with Crippen LogP contribution < -0.4 is 14.4 Å². The number of rotatable bonds is 12. The lowest BCUT2D eigenvalue weighted by atomic mass is 9.98. The molecule has 13 nitrogen and oxygen atoms in total. The highest BCUT2D eigenvalue weighted by atomic mass is 16.6. The van der Waals surface area contributed by atoms with Gasteiger partial charge in [-0.2, -0.15) is 0 Å². The lowest BCUT2D eigenvalue weighted by Gasteiger charge is -2.25. The van der Waals surface area contributed by atoms with E-state index in [9.17, 15) is 9.59 Å². The summed E-state index contributed by atoms with van der Waals surface area (Å²) in [6.07, 6.45) is -2.66. The fourth-order valence-electron chi connectivity index (χ4n) is 5.23. The largest absolute Gasteiger partial charge is 0.461 e. The minimum Gasteiger partial charge on any atom is -0.461 e. The van der Waals surface area contributed by atoms with Crippen molar-refractivity contribution in [1.82, 2.24) is 40.3 Å². The van der Waals surface area contributed by atoms with Gasteiger partial charge in [0, 0.05) is 43.9 Å². The summed E-state index contributed by atoms with van der Waals surface area (Å²) in [5.74, 6) is 0.472. The third-order valence-corrected chi connectivity index (χ3v) is 7.76. The third kappa shape index (κ3) is 5.93. The minimum atomic E-state index is -1.40. The molecule has 4 N–H and O–H groups in total. The van der Waals surface area contributed by atoms with Gasteiger partial charge in [0.25, 0.3) is 0 Å². The number of hydrogen-bond acceptors (Lipinski definition) is 9. The Kier molecular flexibility index (Phi) is 7.70. The van der Waals surface area contributed by atoms with E-state index in [1.807, 2.05) is 79.7 Å². The van der Waals surface area contributed by atoms with Crippen LogP contribution >= 0.6 is 0 Å². The number of ether oxygens (including phenoxy) is 2. The molecule has 0 fully saturated rings. The van der Waals surface area contributed by atoms with Crippen molar-refractivity contribution < 1.29 is 19.1 Å². The number of H-pyrrole nitrogens is 4. The van der Waals surface area contributed by atoms with Gasteiger partial charge < -0.3 is 24.3 Å². The molecule has 13 heteroatoms. The molecule has 2 unspecified atom stereocenters. The van der Waals surface area contributed by atoms with Crippen molar-refractivity contribution in [1.29, 1.82) is 0 Å². The number of imidazole rings is 2. The summed E-state index contributed by atoms with van der Waals surface area (Å²) in [7, 11) is 3.82. The first-order chi connectivity index (χ1) is 22.9. The van der Waals surface area contributed by atoms with Crippen LogP contribution in [0.15, 0.2) is 84.9 Å².